The predicted octanol–water partition coefficient (Wildman–Crippen LogP) is 2.52. The zero-order chi connectivity index (χ0) is 19.0. The summed E-state index contributed by atoms with van der Waals surface area (Å²) in [6.45, 7) is 2.29. The number of halogens is 2. The molecule has 1 aliphatic heterocycles. The molecular formula is C17H16ClFN4O3S. The van der Waals surface area contributed by atoms with Crippen LogP contribution < -0.4 is 0 Å². The Morgan fingerprint density at radius 1 is 1.11 bits per heavy atom. The summed E-state index contributed by atoms with van der Waals surface area (Å²) in [7, 11) is -3.70. The lowest BCUT2D eigenvalue weighted by atomic mass is 10.2. The van der Waals surface area contributed by atoms with Crippen molar-refractivity contribution in [2.24, 2.45) is 0 Å². The van der Waals surface area contributed by atoms with Crippen LogP contribution in [0.1, 0.15) is 5.56 Å². The number of hydrogen-bond donors (Lipinski definition) is 0. The molecule has 0 saturated carbocycles. The largest absolute Gasteiger partial charge is 0.296 e. The van der Waals surface area contributed by atoms with E-state index in [0.29, 0.717) is 43.3 Å². The third kappa shape index (κ3) is 3.55. The summed E-state index contributed by atoms with van der Waals surface area (Å²) in [6.07, 6.45) is 0. The van der Waals surface area contributed by atoms with Gasteiger partial charge in [0.05, 0.1) is 0 Å². The molecule has 0 aliphatic carbocycles. The Labute approximate surface area is 160 Å². The molecule has 0 bridgehead atoms. The van der Waals surface area contributed by atoms with Crippen molar-refractivity contribution in [3.63, 3.8) is 0 Å². The summed E-state index contributed by atoms with van der Waals surface area (Å²) in [6, 6.07) is 9.08. The first-order valence-corrected chi connectivity index (χ1v) is 10.1. The normalized spacial score (nSPS) is 16.8. The van der Waals surface area contributed by atoms with Crippen LogP contribution in [-0.2, 0) is 16.6 Å². The van der Waals surface area contributed by atoms with E-state index in [-0.39, 0.29) is 16.2 Å². The fourth-order valence-electron chi connectivity index (χ4n) is 3.15. The van der Waals surface area contributed by atoms with Crippen molar-refractivity contribution in [1.29, 1.82) is 0 Å². The van der Waals surface area contributed by atoms with Gasteiger partial charge in [0.25, 0.3) is 0 Å². The lowest BCUT2D eigenvalue weighted by molar-refractivity contribution is 0.181. The Bertz CT molecular complexity index is 1080. The van der Waals surface area contributed by atoms with Crippen LogP contribution in [0, 0.1) is 5.82 Å². The molecule has 3 aromatic rings. The molecule has 0 unspecified atom stereocenters. The standard InChI is InChI=1S/C17H16ClFN4O3S/c18-14-10-13(19)5-4-12(14)11-22-6-8-23(9-7-22)27(24,25)16-3-1-2-15-17(16)21-26-20-15/h1-5,10H,6-9,11H2. The maximum Gasteiger partial charge on any atom is 0.245 e. The van der Waals surface area contributed by atoms with Gasteiger partial charge in [-0.15, -0.1) is 0 Å². The average molecular weight is 411 g/mol. The summed E-state index contributed by atoms with van der Waals surface area (Å²) in [5, 5.41) is 7.79. The second-order valence-corrected chi connectivity index (χ2v) is 8.62. The lowest BCUT2D eigenvalue weighted by Gasteiger charge is -2.34. The molecule has 7 nitrogen and oxygen atoms in total. The SMILES string of the molecule is O=S(=O)(c1cccc2nonc12)N1CCN(Cc2ccc(F)cc2Cl)CC1. The maximum atomic E-state index is 13.2. The minimum Gasteiger partial charge on any atom is -0.296 e. The molecule has 1 saturated heterocycles. The highest BCUT2D eigenvalue weighted by Crippen LogP contribution is 2.25. The van der Waals surface area contributed by atoms with Crippen molar-refractivity contribution in [1.82, 2.24) is 19.5 Å². The van der Waals surface area contributed by atoms with Gasteiger partial charge >= 0.3 is 0 Å². The second-order valence-electron chi connectivity index (χ2n) is 6.30. The molecule has 1 aliphatic rings. The van der Waals surface area contributed by atoms with Crippen molar-refractivity contribution < 1.29 is 17.4 Å². The van der Waals surface area contributed by atoms with Crippen LogP contribution in [0.3, 0.4) is 0 Å². The van der Waals surface area contributed by atoms with E-state index in [0.717, 1.165) is 5.56 Å². The van der Waals surface area contributed by atoms with Crippen LogP contribution in [0.2, 0.25) is 5.02 Å². The molecule has 27 heavy (non-hydrogen) atoms. The third-order valence-electron chi connectivity index (χ3n) is 4.61. The average Bonchev–Trinajstić information content (AvgIpc) is 3.13. The van der Waals surface area contributed by atoms with Crippen molar-refractivity contribution in [2.75, 3.05) is 26.2 Å². The molecule has 10 heteroatoms. The van der Waals surface area contributed by atoms with Gasteiger partial charge in [0, 0.05) is 37.7 Å². The minimum atomic E-state index is -3.70. The van der Waals surface area contributed by atoms with Gasteiger partial charge in [-0.05, 0) is 40.1 Å². The first-order chi connectivity index (χ1) is 12.9. The van der Waals surface area contributed by atoms with Gasteiger partial charge in [0.1, 0.15) is 16.2 Å². The molecule has 1 fully saturated rings. The van der Waals surface area contributed by atoms with Crippen LogP contribution in [0.5, 0.6) is 0 Å². The van der Waals surface area contributed by atoms with Gasteiger partial charge in [-0.3, -0.25) is 4.90 Å². The van der Waals surface area contributed by atoms with E-state index in [2.05, 4.69) is 19.8 Å². The quantitative estimate of drug-likeness (QED) is 0.657. The topological polar surface area (TPSA) is 79.5 Å². The molecule has 2 heterocycles. The van der Waals surface area contributed by atoms with Crippen molar-refractivity contribution in [2.45, 2.75) is 11.4 Å². The van der Waals surface area contributed by atoms with E-state index < -0.39 is 10.0 Å². The van der Waals surface area contributed by atoms with Crippen molar-refractivity contribution >= 4 is 32.7 Å². The number of aromatic nitrogens is 2. The van der Waals surface area contributed by atoms with Gasteiger partial charge in [-0.25, -0.2) is 17.4 Å². The molecule has 0 spiro atoms. The van der Waals surface area contributed by atoms with Crippen LogP contribution in [-0.4, -0.2) is 54.1 Å². The first kappa shape index (κ1) is 18.3. The van der Waals surface area contributed by atoms with E-state index in [1.807, 2.05) is 0 Å². The number of rotatable bonds is 4. The summed E-state index contributed by atoms with van der Waals surface area (Å²) in [4.78, 5) is 2.18. The third-order valence-corrected chi connectivity index (χ3v) is 6.89. The summed E-state index contributed by atoms with van der Waals surface area (Å²) in [5.74, 6) is -0.379. The number of sulfonamides is 1. The Balaban J connectivity index is 1.48. The number of hydrogen-bond acceptors (Lipinski definition) is 6. The van der Waals surface area contributed by atoms with Gasteiger partial charge in [-0.2, -0.15) is 4.31 Å². The Kier molecular flexibility index (Phi) is 4.85. The molecule has 0 atom stereocenters. The van der Waals surface area contributed by atoms with Crippen LogP contribution in [0.15, 0.2) is 45.9 Å². The van der Waals surface area contributed by atoms with Crippen LogP contribution >= 0.6 is 11.6 Å². The zero-order valence-electron chi connectivity index (χ0n) is 14.2. The summed E-state index contributed by atoms with van der Waals surface area (Å²) >= 11 is 6.08. The van der Waals surface area contributed by atoms with Crippen LogP contribution in [0.4, 0.5) is 4.39 Å². The first-order valence-electron chi connectivity index (χ1n) is 8.33. The molecule has 0 amide bonds. The van der Waals surface area contributed by atoms with E-state index >= 15 is 0 Å². The highest BCUT2D eigenvalue weighted by Gasteiger charge is 2.31. The van der Waals surface area contributed by atoms with E-state index in [9.17, 15) is 12.8 Å². The monoisotopic (exact) mass is 410 g/mol. The number of fused-ring (bicyclic) bond motifs is 1. The molecule has 1 aromatic heterocycles. The van der Waals surface area contributed by atoms with Gasteiger partial charge in [-0.1, -0.05) is 23.7 Å². The molecule has 0 radical (unpaired) electrons. The van der Waals surface area contributed by atoms with E-state index in [1.165, 1.54) is 22.5 Å². The second kappa shape index (κ2) is 7.16. The van der Waals surface area contributed by atoms with Gasteiger partial charge in [0.15, 0.2) is 5.52 Å². The Hall–Kier alpha value is -2.07. The van der Waals surface area contributed by atoms with Crippen LogP contribution in [0.25, 0.3) is 11.0 Å². The molecule has 2 aromatic carbocycles. The fourth-order valence-corrected chi connectivity index (χ4v) is 4.93. The summed E-state index contributed by atoms with van der Waals surface area (Å²) < 4.78 is 45.2. The lowest BCUT2D eigenvalue weighted by Crippen LogP contribution is -2.48. The van der Waals surface area contributed by atoms with E-state index in [1.54, 1.807) is 18.2 Å². The smallest absolute Gasteiger partial charge is 0.245 e. The highest BCUT2D eigenvalue weighted by molar-refractivity contribution is 7.89. The maximum absolute atomic E-state index is 13.2. The molecule has 0 N–H and O–H groups in total. The number of piperazine rings is 1. The van der Waals surface area contributed by atoms with Gasteiger partial charge in [0.2, 0.25) is 10.0 Å². The number of benzene rings is 2. The highest BCUT2D eigenvalue weighted by atomic mass is 35.5. The number of nitrogens with zero attached hydrogens (tertiary/aromatic N) is 4. The van der Waals surface area contributed by atoms with Gasteiger partial charge < -0.3 is 0 Å². The zero-order valence-corrected chi connectivity index (χ0v) is 15.7. The van der Waals surface area contributed by atoms with Crippen molar-refractivity contribution in [3.8, 4) is 0 Å². The minimum absolute atomic E-state index is 0.0938. The molecular weight excluding hydrogens is 395 g/mol. The molecule has 142 valence electrons. The van der Waals surface area contributed by atoms with Crippen molar-refractivity contribution in [3.05, 3.63) is 52.8 Å². The van der Waals surface area contributed by atoms with E-state index in [4.69, 9.17) is 11.6 Å². The fraction of sp³-hybridized carbons (Fsp3) is 0.294. The summed E-state index contributed by atoms with van der Waals surface area (Å²) in [5.41, 5.74) is 1.45. The Morgan fingerprint density at radius 3 is 2.63 bits per heavy atom. The predicted molar refractivity (Wildman–Crippen MR) is 97.2 cm³/mol. The Morgan fingerprint density at radius 2 is 1.89 bits per heavy atom. The molecule has 4 rings (SSSR count).